The van der Waals surface area contributed by atoms with Crippen LogP contribution in [0, 0.1) is 5.82 Å². The number of carboxylic acid groups (broad SMARTS) is 1. The summed E-state index contributed by atoms with van der Waals surface area (Å²) in [4.78, 5) is 17.5. The number of aliphatic carboxylic acids is 1. The first-order valence-corrected chi connectivity index (χ1v) is 5.17. The Morgan fingerprint density at radius 1 is 1.35 bits per heavy atom. The van der Waals surface area contributed by atoms with Gasteiger partial charge in [0.15, 0.2) is 0 Å². The standard InChI is InChI=1S/C12H11FN2O2/c13-9-3-1-8(2-4-9)12-10(14-7-15-12)5-6-11(16)17/h1-4,7H,5-6H2,(H,14,15)(H,16,17). The Morgan fingerprint density at radius 3 is 2.71 bits per heavy atom. The van der Waals surface area contributed by atoms with Gasteiger partial charge in [0, 0.05) is 17.7 Å². The molecule has 0 saturated carbocycles. The molecule has 2 N–H and O–H groups in total. The smallest absolute Gasteiger partial charge is 0.303 e. The molecule has 2 rings (SSSR count). The highest BCUT2D eigenvalue weighted by Gasteiger charge is 2.09. The molecule has 88 valence electrons. The van der Waals surface area contributed by atoms with Crippen LogP contribution in [-0.4, -0.2) is 21.0 Å². The SMILES string of the molecule is O=C(O)CCc1[nH]cnc1-c1ccc(F)cc1. The Bertz CT molecular complexity index is 520. The monoisotopic (exact) mass is 234 g/mol. The predicted octanol–water partition coefficient (Wildman–Crippen LogP) is 2.23. The van der Waals surface area contributed by atoms with E-state index < -0.39 is 5.97 Å². The maximum Gasteiger partial charge on any atom is 0.303 e. The van der Waals surface area contributed by atoms with Crippen LogP contribution in [0.5, 0.6) is 0 Å². The number of rotatable bonds is 4. The number of halogens is 1. The number of benzene rings is 1. The molecule has 0 radical (unpaired) electrons. The Kier molecular flexibility index (Phi) is 3.18. The van der Waals surface area contributed by atoms with E-state index in [-0.39, 0.29) is 12.2 Å². The number of aryl methyl sites for hydroxylation is 1. The van der Waals surface area contributed by atoms with Gasteiger partial charge in [-0.3, -0.25) is 4.79 Å². The molecule has 5 heteroatoms. The number of hydrogen-bond acceptors (Lipinski definition) is 2. The lowest BCUT2D eigenvalue weighted by Crippen LogP contribution is -1.99. The van der Waals surface area contributed by atoms with Crippen LogP contribution in [0.4, 0.5) is 4.39 Å². The quantitative estimate of drug-likeness (QED) is 0.852. The number of hydrogen-bond donors (Lipinski definition) is 2. The number of carbonyl (C=O) groups is 1. The highest BCUT2D eigenvalue weighted by Crippen LogP contribution is 2.21. The van der Waals surface area contributed by atoms with Crippen molar-refractivity contribution in [3.05, 3.63) is 42.1 Å². The van der Waals surface area contributed by atoms with Crippen LogP contribution in [0.2, 0.25) is 0 Å². The van der Waals surface area contributed by atoms with Crippen LogP contribution >= 0.6 is 0 Å². The van der Waals surface area contributed by atoms with Crippen LogP contribution < -0.4 is 0 Å². The van der Waals surface area contributed by atoms with Gasteiger partial charge in [-0.2, -0.15) is 0 Å². The second-order valence-electron chi connectivity index (χ2n) is 3.63. The molecule has 2 aromatic rings. The Morgan fingerprint density at radius 2 is 2.06 bits per heavy atom. The molecule has 4 nitrogen and oxygen atoms in total. The van der Waals surface area contributed by atoms with Gasteiger partial charge in [0.1, 0.15) is 5.82 Å². The zero-order valence-electron chi connectivity index (χ0n) is 8.98. The number of aromatic nitrogens is 2. The number of nitrogens with zero attached hydrogens (tertiary/aromatic N) is 1. The second kappa shape index (κ2) is 4.78. The molecule has 0 fully saturated rings. The molecule has 0 aliphatic heterocycles. The first-order valence-electron chi connectivity index (χ1n) is 5.17. The van der Waals surface area contributed by atoms with E-state index >= 15 is 0 Å². The van der Waals surface area contributed by atoms with E-state index in [0.29, 0.717) is 12.1 Å². The van der Waals surface area contributed by atoms with Gasteiger partial charge in [-0.05, 0) is 24.3 Å². The molecule has 17 heavy (non-hydrogen) atoms. The van der Waals surface area contributed by atoms with Crippen molar-refractivity contribution < 1.29 is 14.3 Å². The van der Waals surface area contributed by atoms with E-state index in [0.717, 1.165) is 11.3 Å². The number of aromatic amines is 1. The summed E-state index contributed by atoms with van der Waals surface area (Å²) in [7, 11) is 0. The van der Waals surface area contributed by atoms with Crippen LogP contribution in [0.25, 0.3) is 11.3 Å². The fraction of sp³-hybridized carbons (Fsp3) is 0.167. The van der Waals surface area contributed by atoms with Gasteiger partial charge in [-0.15, -0.1) is 0 Å². The Balaban J connectivity index is 2.24. The molecule has 0 spiro atoms. The fourth-order valence-electron chi connectivity index (χ4n) is 1.60. The molecule has 0 aliphatic carbocycles. The Labute approximate surface area is 97.1 Å². The second-order valence-corrected chi connectivity index (χ2v) is 3.63. The van der Waals surface area contributed by atoms with Crippen LogP contribution in [-0.2, 0) is 11.2 Å². The van der Waals surface area contributed by atoms with E-state index in [1.54, 1.807) is 12.1 Å². The molecule has 0 saturated heterocycles. The van der Waals surface area contributed by atoms with E-state index in [9.17, 15) is 9.18 Å². The fourth-order valence-corrected chi connectivity index (χ4v) is 1.60. The Hall–Kier alpha value is -2.17. The normalized spacial score (nSPS) is 10.4. The minimum absolute atomic E-state index is 0.0381. The van der Waals surface area contributed by atoms with Gasteiger partial charge in [0.25, 0.3) is 0 Å². The molecule has 1 heterocycles. The van der Waals surface area contributed by atoms with Crippen molar-refractivity contribution in [2.24, 2.45) is 0 Å². The number of carboxylic acids is 1. The summed E-state index contributed by atoms with van der Waals surface area (Å²) in [6.45, 7) is 0. The molecule has 0 atom stereocenters. The number of H-pyrrole nitrogens is 1. The third-order valence-electron chi connectivity index (χ3n) is 2.42. The lowest BCUT2D eigenvalue weighted by molar-refractivity contribution is -0.136. The zero-order chi connectivity index (χ0) is 12.3. The van der Waals surface area contributed by atoms with Crippen molar-refractivity contribution in [2.45, 2.75) is 12.8 Å². The first kappa shape index (κ1) is 11.3. The van der Waals surface area contributed by atoms with Crippen molar-refractivity contribution in [1.29, 1.82) is 0 Å². The van der Waals surface area contributed by atoms with Crippen molar-refractivity contribution in [2.75, 3.05) is 0 Å². The molecule has 1 aromatic heterocycles. The van der Waals surface area contributed by atoms with Crippen molar-refractivity contribution in [1.82, 2.24) is 9.97 Å². The molecule has 0 bridgehead atoms. The molecule has 0 amide bonds. The van der Waals surface area contributed by atoms with Crippen molar-refractivity contribution in [3.63, 3.8) is 0 Å². The summed E-state index contributed by atoms with van der Waals surface area (Å²) in [5.74, 6) is -1.17. The summed E-state index contributed by atoms with van der Waals surface area (Å²) >= 11 is 0. The summed E-state index contributed by atoms with van der Waals surface area (Å²) in [5.41, 5.74) is 2.19. The highest BCUT2D eigenvalue weighted by molar-refractivity contribution is 5.68. The van der Waals surface area contributed by atoms with Gasteiger partial charge in [0.05, 0.1) is 18.4 Å². The lowest BCUT2D eigenvalue weighted by Gasteiger charge is -2.01. The number of nitrogens with one attached hydrogen (secondary N) is 1. The lowest BCUT2D eigenvalue weighted by atomic mass is 10.1. The van der Waals surface area contributed by atoms with E-state index in [1.807, 2.05) is 0 Å². The largest absolute Gasteiger partial charge is 0.481 e. The third-order valence-corrected chi connectivity index (χ3v) is 2.42. The average molecular weight is 234 g/mol. The molecule has 0 aliphatic rings. The van der Waals surface area contributed by atoms with E-state index in [2.05, 4.69) is 9.97 Å². The summed E-state index contributed by atoms with van der Waals surface area (Å²) in [6, 6.07) is 5.95. The maximum atomic E-state index is 12.8. The van der Waals surface area contributed by atoms with Crippen molar-refractivity contribution >= 4 is 5.97 Å². The van der Waals surface area contributed by atoms with Crippen LogP contribution in [0.1, 0.15) is 12.1 Å². The van der Waals surface area contributed by atoms with Gasteiger partial charge in [-0.25, -0.2) is 9.37 Å². The van der Waals surface area contributed by atoms with Gasteiger partial charge in [0.2, 0.25) is 0 Å². The third kappa shape index (κ3) is 2.69. The summed E-state index contributed by atoms with van der Waals surface area (Å²) in [5, 5.41) is 8.63. The molecule has 0 unspecified atom stereocenters. The zero-order valence-corrected chi connectivity index (χ0v) is 8.98. The summed E-state index contributed by atoms with van der Waals surface area (Å²) in [6.07, 6.45) is 1.92. The van der Waals surface area contributed by atoms with E-state index in [4.69, 9.17) is 5.11 Å². The van der Waals surface area contributed by atoms with Gasteiger partial charge < -0.3 is 10.1 Å². The summed E-state index contributed by atoms with van der Waals surface area (Å²) < 4.78 is 12.8. The molecule has 1 aromatic carbocycles. The molecular weight excluding hydrogens is 223 g/mol. The number of imidazole rings is 1. The van der Waals surface area contributed by atoms with Crippen molar-refractivity contribution in [3.8, 4) is 11.3 Å². The minimum atomic E-state index is -0.857. The van der Waals surface area contributed by atoms with Crippen LogP contribution in [0.15, 0.2) is 30.6 Å². The van der Waals surface area contributed by atoms with Gasteiger partial charge in [-0.1, -0.05) is 0 Å². The maximum absolute atomic E-state index is 12.8. The van der Waals surface area contributed by atoms with E-state index in [1.165, 1.54) is 18.5 Å². The molecular formula is C12H11FN2O2. The topological polar surface area (TPSA) is 66.0 Å². The van der Waals surface area contributed by atoms with Crippen LogP contribution in [0.3, 0.4) is 0 Å². The average Bonchev–Trinajstić information content (AvgIpc) is 2.75. The van der Waals surface area contributed by atoms with Gasteiger partial charge >= 0.3 is 5.97 Å². The minimum Gasteiger partial charge on any atom is -0.481 e. The highest BCUT2D eigenvalue weighted by atomic mass is 19.1. The first-order chi connectivity index (χ1) is 8.16. The predicted molar refractivity (Wildman–Crippen MR) is 59.9 cm³/mol.